The Kier molecular flexibility index (Phi) is 5.02. The lowest BCUT2D eigenvalue weighted by Gasteiger charge is -2.16. The Labute approximate surface area is 149 Å². The Morgan fingerprint density at radius 2 is 2.04 bits per heavy atom. The average molecular weight is 352 g/mol. The molecular weight excluding hydrogens is 336 g/mol. The van der Waals surface area contributed by atoms with E-state index in [1.165, 1.54) is 24.4 Å². The van der Waals surface area contributed by atoms with E-state index in [2.05, 4.69) is 10.5 Å². The van der Waals surface area contributed by atoms with Gasteiger partial charge in [-0.3, -0.25) is 19.7 Å². The lowest BCUT2D eigenvalue weighted by Crippen LogP contribution is -2.24. The highest BCUT2D eigenvalue weighted by Gasteiger charge is 2.22. The second-order valence-electron chi connectivity index (χ2n) is 5.75. The minimum absolute atomic E-state index is 0.0475. The molecule has 2 aromatic carbocycles. The van der Waals surface area contributed by atoms with Crippen LogP contribution in [0, 0.1) is 10.1 Å². The molecule has 1 heterocycles. The quantitative estimate of drug-likeness (QED) is 0.507. The van der Waals surface area contributed by atoms with Crippen LogP contribution in [0.5, 0.6) is 0 Å². The molecule has 1 fully saturated rings. The van der Waals surface area contributed by atoms with Crippen LogP contribution in [0.1, 0.15) is 28.8 Å². The van der Waals surface area contributed by atoms with Crippen molar-refractivity contribution in [1.29, 1.82) is 0 Å². The number of benzene rings is 2. The first-order chi connectivity index (χ1) is 12.5. The van der Waals surface area contributed by atoms with Crippen LogP contribution in [0.15, 0.2) is 53.6 Å². The molecule has 26 heavy (non-hydrogen) atoms. The third kappa shape index (κ3) is 3.92. The zero-order valence-electron chi connectivity index (χ0n) is 13.8. The van der Waals surface area contributed by atoms with E-state index in [-0.39, 0.29) is 11.6 Å². The zero-order chi connectivity index (χ0) is 18.5. The van der Waals surface area contributed by atoms with Crippen LogP contribution in [-0.2, 0) is 4.79 Å². The van der Waals surface area contributed by atoms with Crippen molar-refractivity contribution < 1.29 is 14.5 Å². The molecule has 3 rings (SSSR count). The molecule has 2 aromatic rings. The standard InChI is InChI=1S/C18H16N4O4/c23-17-8-3-9-21(17)15-6-2-5-14(11-15)18(24)20-19-12-13-4-1-7-16(10-13)22(25)26/h1-2,4-7,10-12H,3,8-9H2,(H,20,24)/b19-12+. The van der Waals surface area contributed by atoms with Crippen LogP contribution < -0.4 is 10.3 Å². The van der Waals surface area contributed by atoms with E-state index in [0.29, 0.717) is 29.8 Å². The molecule has 0 spiro atoms. The molecule has 1 saturated heterocycles. The van der Waals surface area contributed by atoms with Crippen molar-refractivity contribution in [2.24, 2.45) is 5.10 Å². The van der Waals surface area contributed by atoms with Gasteiger partial charge in [-0.1, -0.05) is 18.2 Å². The molecule has 1 N–H and O–H groups in total. The van der Waals surface area contributed by atoms with Gasteiger partial charge >= 0.3 is 0 Å². The molecule has 1 aliphatic rings. The van der Waals surface area contributed by atoms with Gasteiger partial charge in [0.15, 0.2) is 0 Å². The Hall–Kier alpha value is -3.55. The zero-order valence-corrected chi connectivity index (χ0v) is 13.8. The summed E-state index contributed by atoms with van der Waals surface area (Å²) >= 11 is 0. The highest BCUT2D eigenvalue weighted by molar-refractivity contribution is 5.99. The van der Waals surface area contributed by atoms with E-state index in [0.717, 1.165) is 6.42 Å². The summed E-state index contributed by atoms with van der Waals surface area (Å²) in [7, 11) is 0. The molecule has 132 valence electrons. The molecule has 0 aliphatic carbocycles. The molecule has 0 radical (unpaired) electrons. The van der Waals surface area contributed by atoms with Gasteiger partial charge in [-0.15, -0.1) is 0 Å². The molecule has 8 heteroatoms. The summed E-state index contributed by atoms with van der Waals surface area (Å²) in [6.45, 7) is 0.648. The predicted molar refractivity (Wildman–Crippen MR) is 96.2 cm³/mol. The Balaban J connectivity index is 1.67. The number of non-ortho nitro benzene ring substituents is 1. The Bertz CT molecular complexity index is 894. The summed E-state index contributed by atoms with van der Waals surface area (Å²) in [5, 5.41) is 14.6. The average Bonchev–Trinajstić information content (AvgIpc) is 3.08. The van der Waals surface area contributed by atoms with E-state index in [1.54, 1.807) is 35.2 Å². The van der Waals surface area contributed by atoms with E-state index in [9.17, 15) is 19.7 Å². The second kappa shape index (κ2) is 7.56. The molecule has 0 atom stereocenters. The van der Waals surface area contributed by atoms with Gasteiger partial charge < -0.3 is 4.90 Å². The molecule has 8 nitrogen and oxygen atoms in total. The van der Waals surface area contributed by atoms with Crippen molar-refractivity contribution in [3.8, 4) is 0 Å². The van der Waals surface area contributed by atoms with Crippen LogP contribution in [0.25, 0.3) is 0 Å². The third-order valence-corrected chi connectivity index (χ3v) is 3.95. The highest BCUT2D eigenvalue weighted by Crippen LogP contribution is 2.22. The normalized spacial score (nSPS) is 14.0. The van der Waals surface area contributed by atoms with Crippen molar-refractivity contribution in [2.75, 3.05) is 11.4 Å². The first-order valence-corrected chi connectivity index (χ1v) is 8.03. The molecule has 2 amide bonds. The minimum Gasteiger partial charge on any atom is -0.312 e. The number of anilines is 1. The molecule has 0 saturated carbocycles. The number of amides is 2. The molecular formula is C18H16N4O4. The van der Waals surface area contributed by atoms with E-state index in [4.69, 9.17) is 0 Å². The number of nitro groups is 1. The van der Waals surface area contributed by atoms with Crippen molar-refractivity contribution >= 4 is 29.4 Å². The van der Waals surface area contributed by atoms with Gasteiger partial charge in [-0.05, 0) is 24.6 Å². The summed E-state index contributed by atoms with van der Waals surface area (Å²) < 4.78 is 0. The fraction of sp³-hybridized carbons (Fsp3) is 0.167. The van der Waals surface area contributed by atoms with Gasteiger partial charge in [0.2, 0.25) is 5.91 Å². The maximum Gasteiger partial charge on any atom is 0.271 e. The van der Waals surface area contributed by atoms with Gasteiger partial charge in [0, 0.05) is 41.9 Å². The first kappa shape index (κ1) is 17.3. The number of carbonyl (C=O) groups excluding carboxylic acids is 2. The minimum atomic E-state index is -0.499. The summed E-state index contributed by atoms with van der Waals surface area (Å²) in [4.78, 5) is 35.9. The van der Waals surface area contributed by atoms with Gasteiger partial charge in [0.1, 0.15) is 0 Å². The van der Waals surface area contributed by atoms with Crippen LogP contribution in [0.3, 0.4) is 0 Å². The summed E-state index contributed by atoms with van der Waals surface area (Å²) in [6, 6.07) is 12.7. The summed E-state index contributed by atoms with van der Waals surface area (Å²) in [6.07, 6.45) is 2.66. The Morgan fingerprint density at radius 3 is 2.77 bits per heavy atom. The predicted octanol–water partition coefficient (Wildman–Crippen LogP) is 2.49. The molecule has 0 bridgehead atoms. The topological polar surface area (TPSA) is 105 Å². The smallest absolute Gasteiger partial charge is 0.271 e. The number of nitrogens with one attached hydrogen (secondary N) is 1. The van der Waals surface area contributed by atoms with Gasteiger partial charge in [-0.25, -0.2) is 5.43 Å². The lowest BCUT2D eigenvalue weighted by molar-refractivity contribution is -0.384. The second-order valence-corrected chi connectivity index (χ2v) is 5.75. The Morgan fingerprint density at radius 1 is 1.23 bits per heavy atom. The van der Waals surface area contributed by atoms with Crippen LogP contribution in [0.4, 0.5) is 11.4 Å². The maximum absolute atomic E-state index is 12.2. The van der Waals surface area contributed by atoms with Crippen LogP contribution in [0.2, 0.25) is 0 Å². The largest absolute Gasteiger partial charge is 0.312 e. The van der Waals surface area contributed by atoms with E-state index < -0.39 is 10.8 Å². The maximum atomic E-state index is 12.2. The van der Waals surface area contributed by atoms with Crippen molar-refractivity contribution in [3.63, 3.8) is 0 Å². The number of carbonyl (C=O) groups is 2. The van der Waals surface area contributed by atoms with E-state index in [1.807, 2.05) is 0 Å². The van der Waals surface area contributed by atoms with Crippen molar-refractivity contribution in [2.45, 2.75) is 12.8 Å². The number of hydrogen-bond acceptors (Lipinski definition) is 5. The number of nitro benzene ring substituents is 1. The fourth-order valence-electron chi connectivity index (χ4n) is 2.68. The van der Waals surface area contributed by atoms with Crippen molar-refractivity contribution in [1.82, 2.24) is 5.43 Å². The molecule has 1 aliphatic heterocycles. The lowest BCUT2D eigenvalue weighted by atomic mass is 10.2. The van der Waals surface area contributed by atoms with Crippen molar-refractivity contribution in [3.05, 3.63) is 69.8 Å². The number of hydrogen-bond donors (Lipinski definition) is 1. The number of hydrazone groups is 1. The third-order valence-electron chi connectivity index (χ3n) is 3.95. The number of nitrogens with zero attached hydrogens (tertiary/aromatic N) is 3. The van der Waals surface area contributed by atoms with E-state index >= 15 is 0 Å². The van der Waals surface area contributed by atoms with Crippen LogP contribution >= 0.6 is 0 Å². The number of rotatable bonds is 5. The summed E-state index contributed by atoms with van der Waals surface area (Å²) in [5.74, 6) is -0.383. The van der Waals surface area contributed by atoms with Crippen LogP contribution in [-0.4, -0.2) is 29.5 Å². The van der Waals surface area contributed by atoms with Gasteiger partial charge in [0.25, 0.3) is 11.6 Å². The molecule has 0 aromatic heterocycles. The highest BCUT2D eigenvalue weighted by atomic mass is 16.6. The fourth-order valence-corrected chi connectivity index (χ4v) is 2.68. The van der Waals surface area contributed by atoms with Gasteiger partial charge in [0.05, 0.1) is 11.1 Å². The monoisotopic (exact) mass is 352 g/mol. The summed E-state index contributed by atoms with van der Waals surface area (Å²) in [5.41, 5.74) is 3.88. The first-order valence-electron chi connectivity index (χ1n) is 8.03. The van der Waals surface area contributed by atoms with Gasteiger partial charge in [-0.2, -0.15) is 5.10 Å². The molecule has 0 unspecified atom stereocenters. The SMILES string of the molecule is O=C(N/N=C/c1cccc([N+](=O)[O-])c1)c1cccc(N2CCCC2=O)c1.